The van der Waals surface area contributed by atoms with E-state index in [2.05, 4.69) is 78.4 Å². The van der Waals surface area contributed by atoms with Gasteiger partial charge < -0.3 is 5.11 Å². The normalized spacial score (nSPS) is 10.8. The van der Waals surface area contributed by atoms with Gasteiger partial charge in [0.1, 0.15) is 0 Å². The van der Waals surface area contributed by atoms with E-state index in [0.717, 1.165) is 56.7 Å². The molecule has 1 radical (unpaired) electrons. The maximum Gasteiger partial charge on any atom is 0.0894 e. The van der Waals surface area contributed by atoms with Crippen molar-refractivity contribution >= 4 is 0 Å². The van der Waals surface area contributed by atoms with E-state index in [-0.39, 0.29) is 37.0 Å². The third kappa shape index (κ3) is 11.3. The van der Waals surface area contributed by atoms with Gasteiger partial charge in [0.05, 0.1) is 45.6 Å². The van der Waals surface area contributed by atoms with E-state index < -0.39 is 0 Å². The number of rotatable bonds is 4. The van der Waals surface area contributed by atoms with Gasteiger partial charge in [-0.25, -0.2) is 9.97 Å². The van der Waals surface area contributed by atoms with E-state index in [1.165, 1.54) is 5.56 Å². The Morgan fingerprint density at radius 3 is 0.887 bits per heavy atom. The van der Waals surface area contributed by atoms with Crippen molar-refractivity contribution in [3.63, 3.8) is 0 Å². The van der Waals surface area contributed by atoms with E-state index in [9.17, 15) is 5.11 Å². The van der Waals surface area contributed by atoms with Crippen LogP contribution in [0.4, 0.5) is 0 Å². The molecule has 6 aromatic heterocycles. The quantitative estimate of drug-likeness (QED) is 0.174. The number of aromatic nitrogens is 6. The van der Waals surface area contributed by atoms with Crippen LogP contribution in [0.25, 0.3) is 45.6 Å². The molecular weight excluding hydrogens is 827 g/mol. The molecule has 0 saturated carbocycles. The van der Waals surface area contributed by atoms with Crippen LogP contribution in [0.5, 0.6) is 5.75 Å². The van der Waals surface area contributed by atoms with Gasteiger partial charge in [-0.2, -0.15) is 0 Å². The second-order valence-corrected chi connectivity index (χ2v) is 14.4. The molecule has 0 N–H and O–H groups in total. The molecule has 0 atom stereocenters. The van der Waals surface area contributed by atoms with E-state index in [0.29, 0.717) is 0 Å². The number of nitrogens with zero attached hydrogens (tertiary/aromatic N) is 6. The summed E-state index contributed by atoms with van der Waals surface area (Å²) >= 11 is 0. The maximum atomic E-state index is 12.4. The van der Waals surface area contributed by atoms with Gasteiger partial charge in [0.2, 0.25) is 0 Å². The Balaban J connectivity index is 0.000000176. The average Bonchev–Trinajstić information content (AvgIpc) is 3.17. The van der Waals surface area contributed by atoms with Crippen molar-refractivity contribution < 1.29 is 25.5 Å². The third-order valence-corrected chi connectivity index (χ3v) is 8.06. The summed E-state index contributed by atoms with van der Waals surface area (Å²) < 4.78 is 0. The van der Waals surface area contributed by atoms with Crippen LogP contribution in [0.3, 0.4) is 0 Å². The maximum absolute atomic E-state index is 12.4. The van der Waals surface area contributed by atoms with Gasteiger partial charge in [-0.15, -0.1) is 5.75 Å². The monoisotopic (exact) mass is 872 g/mol. The second-order valence-electron chi connectivity index (χ2n) is 14.4. The first-order valence-electron chi connectivity index (χ1n) is 17.3. The van der Waals surface area contributed by atoms with Crippen LogP contribution in [0.2, 0.25) is 0 Å². The van der Waals surface area contributed by atoms with Gasteiger partial charge in [0, 0.05) is 45.2 Å². The molecule has 0 amide bonds. The van der Waals surface area contributed by atoms with Gasteiger partial charge in [-0.05, 0) is 102 Å². The fourth-order valence-electron chi connectivity index (χ4n) is 5.38. The molecule has 0 aliphatic heterocycles. The SMILES string of the molecule is Cc1cc(C(C)(C)C)c([O-])c(C(C)(C)C)c1.[Re].c1ccc(-c2cccc(-c3ccccn3)n2)nc1.c1ccc(-c2cccc(-c3ccccn3)n2)nc1. The molecule has 7 nitrogen and oxygen atoms in total. The average molecular weight is 872 g/mol. The Morgan fingerprint density at radius 1 is 0.396 bits per heavy atom. The summed E-state index contributed by atoms with van der Waals surface area (Å²) in [5.74, 6) is 0.214. The van der Waals surface area contributed by atoms with E-state index in [4.69, 9.17) is 0 Å². The van der Waals surface area contributed by atoms with Crippen LogP contribution < -0.4 is 5.11 Å². The third-order valence-electron chi connectivity index (χ3n) is 8.06. The van der Waals surface area contributed by atoms with Crippen LogP contribution in [0, 0.1) is 6.92 Å². The molecule has 0 aliphatic rings. The Morgan fingerprint density at radius 2 is 0.660 bits per heavy atom. The van der Waals surface area contributed by atoms with Gasteiger partial charge in [-0.1, -0.05) is 95.6 Å². The number of benzene rings is 1. The van der Waals surface area contributed by atoms with E-state index in [1.807, 2.05) is 121 Å². The zero-order valence-electron chi connectivity index (χ0n) is 31.3. The molecule has 1 aromatic carbocycles. The number of hydrogen-bond donors (Lipinski definition) is 0. The Labute approximate surface area is 327 Å². The van der Waals surface area contributed by atoms with Crippen molar-refractivity contribution in [3.05, 3.63) is 163 Å². The van der Waals surface area contributed by atoms with Crippen molar-refractivity contribution in [1.82, 2.24) is 29.9 Å². The first-order valence-corrected chi connectivity index (χ1v) is 17.3. The largest absolute Gasteiger partial charge is 0.872 e. The predicted molar refractivity (Wildman–Crippen MR) is 209 cm³/mol. The van der Waals surface area contributed by atoms with Gasteiger partial charge in [0.15, 0.2) is 0 Å². The molecule has 0 spiro atoms. The summed E-state index contributed by atoms with van der Waals surface area (Å²) in [7, 11) is 0. The van der Waals surface area contributed by atoms with Crippen LogP contribution in [-0.4, -0.2) is 29.9 Å². The van der Waals surface area contributed by atoms with Crippen LogP contribution in [0.15, 0.2) is 146 Å². The molecule has 8 heteroatoms. The molecule has 0 bridgehead atoms. The summed E-state index contributed by atoms with van der Waals surface area (Å²) in [4.78, 5) is 26.4. The molecule has 269 valence electrons. The van der Waals surface area contributed by atoms with Gasteiger partial charge in [-0.3, -0.25) is 19.9 Å². The van der Waals surface area contributed by atoms with Gasteiger partial charge in [0.25, 0.3) is 0 Å². The summed E-state index contributed by atoms with van der Waals surface area (Å²) in [6, 6.07) is 39.0. The molecule has 53 heavy (non-hydrogen) atoms. The molecule has 0 fully saturated rings. The molecule has 0 unspecified atom stereocenters. The van der Waals surface area contributed by atoms with E-state index >= 15 is 0 Å². The number of hydrogen-bond acceptors (Lipinski definition) is 7. The van der Waals surface area contributed by atoms with Crippen LogP contribution >= 0.6 is 0 Å². The number of aryl methyl sites for hydroxylation is 1. The zero-order chi connectivity index (χ0) is 37.1. The summed E-state index contributed by atoms with van der Waals surface area (Å²) in [5.41, 5.74) is 9.79. The standard InChI is InChI=1S/2C15H11N3.C15H24O.Re/c2*1-3-10-16-12(6-1)14-8-5-9-15(18-14)13-7-2-4-11-17-13;1-10-8-11(14(2,3)4)13(16)12(9-10)15(5,6)7;/h2*1-11H;8-9,16H,1-7H3;/p-1. The fourth-order valence-corrected chi connectivity index (χ4v) is 5.38. The van der Waals surface area contributed by atoms with Crippen molar-refractivity contribution in [2.45, 2.75) is 59.3 Å². The van der Waals surface area contributed by atoms with Gasteiger partial charge >= 0.3 is 0 Å². The minimum absolute atomic E-state index is 0. The molecule has 0 saturated heterocycles. The fraction of sp³-hybridized carbons (Fsp3) is 0.200. The zero-order valence-corrected chi connectivity index (χ0v) is 34.0. The number of pyridine rings is 6. The molecule has 0 aliphatic carbocycles. The van der Waals surface area contributed by atoms with Crippen molar-refractivity contribution in [3.8, 4) is 51.3 Å². The topological polar surface area (TPSA) is 100 Å². The van der Waals surface area contributed by atoms with Crippen LogP contribution in [0.1, 0.15) is 58.2 Å². The summed E-state index contributed by atoms with van der Waals surface area (Å²) in [6.45, 7) is 14.6. The van der Waals surface area contributed by atoms with Crippen molar-refractivity contribution in [1.29, 1.82) is 0 Å². The first-order chi connectivity index (χ1) is 24.9. The molecular formula is C45H45N6ORe-. The second kappa shape index (κ2) is 18.4. The minimum Gasteiger partial charge on any atom is -0.872 e. The smallest absolute Gasteiger partial charge is 0.0894 e. The Hall–Kier alpha value is -5.42. The molecule has 7 rings (SSSR count). The van der Waals surface area contributed by atoms with Crippen molar-refractivity contribution in [2.75, 3.05) is 0 Å². The van der Waals surface area contributed by atoms with Crippen LogP contribution in [-0.2, 0) is 31.3 Å². The van der Waals surface area contributed by atoms with Crippen molar-refractivity contribution in [2.24, 2.45) is 0 Å². The molecule has 7 aromatic rings. The molecule has 6 heterocycles. The first kappa shape index (κ1) is 40.4. The summed E-state index contributed by atoms with van der Waals surface area (Å²) in [6.07, 6.45) is 7.07. The Bertz CT molecular complexity index is 1900. The summed E-state index contributed by atoms with van der Waals surface area (Å²) in [5, 5.41) is 12.4. The Kier molecular flexibility index (Phi) is 14.0. The van der Waals surface area contributed by atoms with E-state index in [1.54, 1.807) is 24.8 Å². The predicted octanol–water partition coefficient (Wildman–Crippen LogP) is 10.1. The minimum atomic E-state index is -0.0803.